The highest BCUT2D eigenvalue weighted by molar-refractivity contribution is 7.47. The van der Waals surface area contributed by atoms with Gasteiger partial charge in [0.05, 0.1) is 26.4 Å². The van der Waals surface area contributed by atoms with Gasteiger partial charge in [0.15, 0.2) is 12.2 Å². The summed E-state index contributed by atoms with van der Waals surface area (Å²) in [5.41, 5.74) is 0. The second-order valence-electron chi connectivity index (χ2n) is 26.9. The molecule has 0 radical (unpaired) electrons. The number of allylic oxidation sites excluding steroid dienone is 32. The van der Waals surface area contributed by atoms with E-state index in [0.717, 1.165) is 193 Å². The zero-order valence-corrected chi connectivity index (χ0v) is 69.9. The van der Waals surface area contributed by atoms with Crippen LogP contribution in [0.5, 0.6) is 0 Å². The summed E-state index contributed by atoms with van der Waals surface area (Å²) in [6.45, 7) is 4.36. The Morgan fingerprint density at radius 2 is 0.473 bits per heavy atom. The number of carbonyl (C=O) groups is 4. The minimum Gasteiger partial charge on any atom is -0.462 e. The van der Waals surface area contributed by atoms with Crippen LogP contribution in [0.3, 0.4) is 0 Å². The molecule has 3 N–H and O–H groups in total. The van der Waals surface area contributed by atoms with E-state index in [-0.39, 0.29) is 25.7 Å². The number of esters is 4. The Kier molecular flexibility index (Phi) is 76.4. The normalized spacial score (nSPS) is 14.8. The van der Waals surface area contributed by atoms with E-state index in [1.807, 2.05) is 0 Å². The van der Waals surface area contributed by atoms with Gasteiger partial charge in [0.25, 0.3) is 0 Å². The number of ether oxygens (including phenoxy) is 4. The van der Waals surface area contributed by atoms with E-state index in [1.165, 1.54) is 19.3 Å². The van der Waals surface area contributed by atoms with Gasteiger partial charge < -0.3 is 33.8 Å². The number of hydrogen-bond acceptors (Lipinski definition) is 15. The molecule has 0 saturated heterocycles. The van der Waals surface area contributed by atoms with Crippen LogP contribution in [0.1, 0.15) is 297 Å². The molecule has 0 fully saturated rings. The number of unbranched alkanes of at least 4 members (excludes halogenated alkanes) is 18. The Hall–Kier alpha value is -6.10. The van der Waals surface area contributed by atoms with Crippen LogP contribution in [-0.4, -0.2) is 96.7 Å². The van der Waals surface area contributed by atoms with Crippen molar-refractivity contribution < 1.29 is 80.2 Å². The predicted molar refractivity (Wildman–Crippen MR) is 454 cm³/mol. The quantitative estimate of drug-likeness (QED) is 0.0169. The van der Waals surface area contributed by atoms with Gasteiger partial charge in [-0.05, 0) is 186 Å². The third-order valence-corrected chi connectivity index (χ3v) is 18.4. The number of phosphoric acid groups is 2. The largest absolute Gasteiger partial charge is 0.472 e. The molecule has 0 amide bonds. The Morgan fingerprint density at radius 3 is 0.755 bits per heavy atom. The highest BCUT2D eigenvalue weighted by Crippen LogP contribution is 2.45. The van der Waals surface area contributed by atoms with Crippen molar-refractivity contribution in [1.82, 2.24) is 0 Å². The third kappa shape index (κ3) is 80.0. The highest BCUT2D eigenvalue weighted by Gasteiger charge is 2.30. The summed E-state index contributed by atoms with van der Waals surface area (Å²) >= 11 is 0. The molecular formula is C91H146O17P2. The summed E-state index contributed by atoms with van der Waals surface area (Å²) in [6.07, 6.45) is 99.7. The van der Waals surface area contributed by atoms with E-state index in [9.17, 15) is 43.2 Å². The molecule has 0 aliphatic heterocycles. The molecule has 19 heteroatoms. The molecule has 0 heterocycles. The van der Waals surface area contributed by atoms with Gasteiger partial charge in [-0.15, -0.1) is 0 Å². The van der Waals surface area contributed by atoms with Gasteiger partial charge in [0.2, 0.25) is 0 Å². The zero-order valence-electron chi connectivity index (χ0n) is 68.1. The second-order valence-corrected chi connectivity index (χ2v) is 29.8. The van der Waals surface area contributed by atoms with E-state index in [0.29, 0.717) is 32.1 Å². The molecule has 0 aromatic carbocycles. The molecule has 0 aromatic rings. The van der Waals surface area contributed by atoms with Crippen LogP contribution in [0.4, 0.5) is 0 Å². The molecule has 0 aliphatic carbocycles. The fourth-order valence-corrected chi connectivity index (χ4v) is 11.9. The molecule has 0 aromatic heterocycles. The summed E-state index contributed by atoms with van der Waals surface area (Å²) in [4.78, 5) is 73.2. The van der Waals surface area contributed by atoms with Crippen LogP contribution in [-0.2, 0) is 65.4 Å². The monoisotopic (exact) mass is 1570 g/mol. The van der Waals surface area contributed by atoms with Crippen LogP contribution in [0.2, 0.25) is 0 Å². The van der Waals surface area contributed by atoms with Crippen LogP contribution in [0.15, 0.2) is 194 Å². The maximum Gasteiger partial charge on any atom is 0.472 e. The molecule has 5 unspecified atom stereocenters. The van der Waals surface area contributed by atoms with Crippen LogP contribution >= 0.6 is 15.6 Å². The minimum atomic E-state index is -5.01. The third-order valence-electron chi connectivity index (χ3n) is 16.5. The Bertz CT molecular complexity index is 2850. The number of carbonyl (C=O) groups excluding carboxylic acids is 4. The summed E-state index contributed by atoms with van der Waals surface area (Å²) in [5.74, 6) is -2.32. The van der Waals surface area contributed by atoms with Crippen molar-refractivity contribution in [2.24, 2.45) is 0 Å². The highest BCUT2D eigenvalue weighted by atomic mass is 31.2. The van der Waals surface area contributed by atoms with Crippen molar-refractivity contribution in [1.29, 1.82) is 0 Å². The van der Waals surface area contributed by atoms with Gasteiger partial charge in [-0.25, -0.2) is 9.13 Å². The number of rotatable bonds is 76. The van der Waals surface area contributed by atoms with Crippen molar-refractivity contribution >= 4 is 39.5 Å². The van der Waals surface area contributed by atoms with E-state index in [1.54, 1.807) is 0 Å². The Balaban J connectivity index is 5.49. The van der Waals surface area contributed by atoms with Crippen molar-refractivity contribution in [3.8, 4) is 0 Å². The van der Waals surface area contributed by atoms with Crippen molar-refractivity contribution in [3.05, 3.63) is 194 Å². The van der Waals surface area contributed by atoms with Gasteiger partial charge >= 0.3 is 39.5 Å². The van der Waals surface area contributed by atoms with Crippen molar-refractivity contribution in [3.63, 3.8) is 0 Å². The van der Waals surface area contributed by atoms with E-state index in [4.69, 9.17) is 37.0 Å². The lowest BCUT2D eigenvalue weighted by Gasteiger charge is -2.21. The van der Waals surface area contributed by atoms with Crippen LogP contribution in [0, 0.1) is 0 Å². The molecule has 622 valence electrons. The maximum absolute atomic E-state index is 13.1. The van der Waals surface area contributed by atoms with Gasteiger partial charge in [0, 0.05) is 25.7 Å². The second kappa shape index (κ2) is 80.9. The lowest BCUT2D eigenvalue weighted by Crippen LogP contribution is -2.30. The van der Waals surface area contributed by atoms with Crippen LogP contribution in [0.25, 0.3) is 0 Å². The van der Waals surface area contributed by atoms with E-state index in [2.05, 4.69) is 222 Å². The summed E-state index contributed by atoms with van der Waals surface area (Å²) in [7, 11) is -10.0. The fourth-order valence-electron chi connectivity index (χ4n) is 10.3. The summed E-state index contributed by atoms with van der Waals surface area (Å²) in [6, 6.07) is 0. The Labute approximate surface area is 666 Å². The minimum absolute atomic E-state index is 0.0264. The first-order valence-electron chi connectivity index (χ1n) is 41.7. The lowest BCUT2D eigenvalue weighted by molar-refractivity contribution is -0.161. The number of aliphatic hydroxyl groups excluding tert-OH is 1. The summed E-state index contributed by atoms with van der Waals surface area (Å²) < 4.78 is 68.7. The van der Waals surface area contributed by atoms with E-state index >= 15 is 0 Å². The van der Waals surface area contributed by atoms with Crippen LogP contribution < -0.4 is 0 Å². The van der Waals surface area contributed by atoms with Gasteiger partial charge in [-0.2, -0.15) is 0 Å². The maximum atomic E-state index is 13.1. The van der Waals surface area contributed by atoms with Gasteiger partial charge in [0.1, 0.15) is 19.3 Å². The molecule has 0 saturated carbocycles. The van der Waals surface area contributed by atoms with Gasteiger partial charge in [-0.3, -0.25) is 37.3 Å². The number of aliphatic hydroxyl groups is 1. The standard InChI is InChI=1S/C91H146O17P2/c1-5-9-13-17-21-25-29-33-37-40-42-45-48-51-55-59-63-67-71-75-88(93)101-81-86(107-90(95)77-73-69-65-61-57-53-47-36-32-28-24-20-16-12-8-4)83-105-109(97,98)103-79-85(92)80-104-110(99,100)106-84-87(108-91(96)78-74-70-66-62-58-54-50-44-39-35-31-27-23-19-15-11-7-3)82-102-89(94)76-72-68-64-60-56-52-49-46-43-41-38-34-30-26-22-18-14-10-6-2/h9,11-13,15-16,21-28,33-39,42-43,45-47,50-51,54-55,57,61,85-87,92H,5-8,10,14,17-20,29-32,40-41,44,48-49,52-53,56,58-60,62-84H2,1-4H3,(H,97,98)(H,99,100)/b13-9-,15-11-,16-12-,25-21-,26-22-,27-23-,28-24-,37-33-,38-34-,39-35-,45-42-,46-43-,47-36-,54-50-,55-51-,61-57-. The average molecular weight is 1570 g/mol. The first kappa shape index (κ1) is 104. The average Bonchev–Trinajstić information content (AvgIpc) is 0.899. The molecule has 110 heavy (non-hydrogen) atoms. The van der Waals surface area contributed by atoms with Crippen molar-refractivity contribution in [2.45, 2.75) is 316 Å². The van der Waals surface area contributed by atoms with E-state index < -0.39 is 97.5 Å². The molecular weight excluding hydrogens is 1430 g/mol. The fraction of sp³-hybridized carbons (Fsp3) is 0.604. The van der Waals surface area contributed by atoms with Gasteiger partial charge in [-0.1, -0.05) is 280 Å². The SMILES string of the molecule is CC/C=C\C/C=C\C/C=C\C/C=C\C/C=C\CCCCCC(=O)OCC(COP(=O)(O)OCC(O)COP(=O)(O)OCC(COC(=O)CCCCCCCC/C=C\C/C=C\C/C=C\CCCCC)OC(=O)CCCCCC/C=C\C/C=C\C/C=C\C/C=C\CC)OC(=O)CCCC/C=C\C/C=C\C/C=C\C/C=C\CC. The molecule has 0 aliphatic rings. The molecule has 5 atom stereocenters. The first-order chi connectivity index (χ1) is 53.7. The zero-order chi connectivity index (χ0) is 80.3. The summed E-state index contributed by atoms with van der Waals surface area (Å²) in [5, 5.41) is 10.7. The number of phosphoric ester groups is 2. The smallest absolute Gasteiger partial charge is 0.462 e. The lowest BCUT2D eigenvalue weighted by atomic mass is 10.1. The Morgan fingerprint density at radius 1 is 0.264 bits per heavy atom. The predicted octanol–water partition coefficient (Wildman–Crippen LogP) is 24.9. The molecule has 17 nitrogen and oxygen atoms in total. The molecule has 0 spiro atoms. The first-order valence-corrected chi connectivity index (χ1v) is 44.7. The topological polar surface area (TPSA) is 237 Å². The molecule has 0 rings (SSSR count). The van der Waals surface area contributed by atoms with Crippen molar-refractivity contribution in [2.75, 3.05) is 39.6 Å². The number of hydrogen-bond donors (Lipinski definition) is 3. The molecule has 0 bridgehead atoms.